The van der Waals surface area contributed by atoms with Gasteiger partial charge in [-0.25, -0.2) is 23.4 Å². The molecule has 2 fully saturated rings. The van der Waals surface area contributed by atoms with Crippen LogP contribution in [0.15, 0.2) is 113 Å². The molecule has 4 aliphatic rings. The number of aliphatic imine (C=N–C) groups is 1. The summed E-state index contributed by atoms with van der Waals surface area (Å²) >= 11 is 0. The number of benzene rings is 4. The smallest absolute Gasteiger partial charge is 0.350 e. The van der Waals surface area contributed by atoms with Gasteiger partial charge in [0.2, 0.25) is 0 Å². The third-order valence-electron chi connectivity index (χ3n) is 13.5. The molecule has 0 radical (unpaired) electrons. The summed E-state index contributed by atoms with van der Waals surface area (Å²) < 4.78 is 40.9. The van der Waals surface area contributed by atoms with Gasteiger partial charge < -0.3 is 34.8 Å². The molecule has 1 aromatic heterocycles. The lowest BCUT2D eigenvalue weighted by Gasteiger charge is -2.33. The van der Waals surface area contributed by atoms with Gasteiger partial charge in [0.1, 0.15) is 17.3 Å². The van der Waals surface area contributed by atoms with E-state index in [9.17, 15) is 18.4 Å². The molecule has 3 N–H and O–H groups in total. The molecule has 2 saturated heterocycles. The molecule has 15 heteroatoms. The van der Waals surface area contributed by atoms with Gasteiger partial charge in [-0.2, -0.15) is 4.98 Å². The highest BCUT2D eigenvalue weighted by atomic mass is 19.1. The van der Waals surface area contributed by atoms with Crippen LogP contribution in [0.4, 0.5) is 30.8 Å². The third kappa shape index (κ3) is 14.3. The van der Waals surface area contributed by atoms with Gasteiger partial charge in [0.05, 0.1) is 11.9 Å². The van der Waals surface area contributed by atoms with Gasteiger partial charge in [-0.05, 0) is 148 Å². The van der Waals surface area contributed by atoms with Crippen molar-refractivity contribution in [3.8, 4) is 17.2 Å². The van der Waals surface area contributed by atoms with E-state index >= 15 is 0 Å². The quantitative estimate of drug-likeness (QED) is 0.0921. The van der Waals surface area contributed by atoms with E-state index in [1.807, 2.05) is 73.7 Å². The number of hydrogen-bond acceptors (Lipinski definition) is 10. The standard InChI is InChI=1S/C29H38FN5O2.C27H31FN4O2/c1-4-5-15-35-16-13-24(14-17-35)31-29(36)33-28-27(20-34(2)3)37-26-12-11-22(19-25(26)32-28)10-9-21-7-6-8-23(30)18-21;1-2-3-13-31-14-11-22(12-15-31)32-18-25-26(30-27(32)33)29-23-17-20(9-10-24(23)34-25)8-7-19-5-4-6-21(28)16-19/h6-8,11-12,18-20,24H,4-5,9-10,13-17H2,1-3H3,(H2,31,32,33,36);4-6,9-10,16-18,22H,2-3,7-8,11-15H2,1H3,(H,29,30,33)/b27-20-;. The van der Waals surface area contributed by atoms with Crippen LogP contribution in [0.25, 0.3) is 0 Å². The molecule has 71 heavy (non-hydrogen) atoms. The highest BCUT2D eigenvalue weighted by Gasteiger charge is 2.27. The molecule has 4 aromatic carbocycles. The predicted molar refractivity (Wildman–Crippen MR) is 278 cm³/mol. The van der Waals surface area contributed by atoms with E-state index in [1.54, 1.807) is 35.0 Å². The number of aromatic nitrogens is 2. The molecular formula is C56H69F2N9O4. The molecule has 5 aromatic rings. The molecule has 0 unspecified atom stereocenters. The summed E-state index contributed by atoms with van der Waals surface area (Å²) in [7, 11) is 3.79. The van der Waals surface area contributed by atoms with Crippen LogP contribution < -0.4 is 31.1 Å². The number of amidine groups is 1. The first-order chi connectivity index (χ1) is 34.5. The SMILES string of the molecule is CCCCN1CCC(NC(=O)NC2=Nc3cc(CCc4cccc(F)c4)ccc3O/C2=C\N(C)C)CC1.CCCCN1CCC(n2cc3c(nc2=O)Nc2cc(CCc4cccc(F)c4)ccc2O3)CC1. The summed E-state index contributed by atoms with van der Waals surface area (Å²) in [6.45, 7) is 10.7. The van der Waals surface area contributed by atoms with Crippen LogP contribution in [0.1, 0.15) is 93.5 Å². The lowest BCUT2D eigenvalue weighted by atomic mass is 10.0. The highest BCUT2D eigenvalue weighted by molar-refractivity contribution is 6.08. The van der Waals surface area contributed by atoms with E-state index in [-0.39, 0.29) is 35.4 Å². The molecular weight excluding hydrogens is 901 g/mol. The summed E-state index contributed by atoms with van der Waals surface area (Å²) in [5.41, 5.74) is 5.28. The summed E-state index contributed by atoms with van der Waals surface area (Å²) in [5.74, 6) is 2.79. The molecule has 0 aliphatic carbocycles. The largest absolute Gasteiger partial charge is 0.450 e. The van der Waals surface area contributed by atoms with Gasteiger partial charge in [0.15, 0.2) is 34.7 Å². The van der Waals surface area contributed by atoms with Crippen LogP contribution in [0.5, 0.6) is 17.2 Å². The molecule has 4 aliphatic heterocycles. The zero-order valence-corrected chi connectivity index (χ0v) is 41.7. The van der Waals surface area contributed by atoms with Crippen molar-refractivity contribution in [3.63, 3.8) is 0 Å². The Morgan fingerprint density at radius 3 is 1.92 bits per heavy atom. The number of piperidine rings is 2. The number of aryl methyl sites for hydroxylation is 4. The monoisotopic (exact) mass is 970 g/mol. The van der Waals surface area contributed by atoms with Crippen LogP contribution >= 0.6 is 0 Å². The van der Waals surface area contributed by atoms with Crippen molar-refractivity contribution in [1.29, 1.82) is 0 Å². The van der Waals surface area contributed by atoms with E-state index in [1.165, 1.54) is 37.8 Å². The number of halogens is 2. The number of carbonyl (C=O) groups excluding carboxylic acids is 1. The first kappa shape index (κ1) is 50.8. The first-order valence-corrected chi connectivity index (χ1v) is 25.5. The summed E-state index contributed by atoms with van der Waals surface area (Å²) in [5, 5.41) is 9.30. The van der Waals surface area contributed by atoms with Crippen molar-refractivity contribution in [2.45, 2.75) is 103 Å². The maximum atomic E-state index is 13.5. The number of carbonyl (C=O) groups is 1. The third-order valence-corrected chi connectivity index (χ3v) is 13.5. The molecule has 376 valence electrons. The lowest BCUT2D eigenvalue weighted by molar-refractivity contribution is 0.181. The van der Waals surface area contributed by atoms with E-state index in [4.69, 9.17) is 14.5 Å². The van der Waals surface area contributed by atoms with Crippen LogP contribution in [-0.4, -0.2) is 95.5 Å². The Balaban J connectivity index is 0.000000191. The highest BCUT2D eigenvalue weighted by Crippen LogP contribution is 2.41. The van der Waals surface area contributed by atoms with E-state index in [0.717, 1.165) is 119 Å². The van der Waals surface area contributed by atoms with E-state index < -0.39 is 0 Å². The molecule has 0 bridgehead atoms. The second-order valence-electron chi connectivity index (χ2n) is 19.3. The Hall–Kier alpha value is -6.58. The average Bonchev–Trinajstić information content (AvgIpc) is 3.36. The summed E-state index contributed by atoms with van der Waals surface area (Å²) in [6.07, 6.45) is 15.2. The molecule has 0 saturated carbocycles. The second kappa shape index (κ2) is 24.5. The zero-order chi connectivity index (χ0) is 49.7. The average molecular weight is 970 g/mol. The Kier molecular flexibility index (Phi) is 17.5. The van der Waals surface area contributed by atoms with Crippen molar-refractivity contribution < 1.29 is 23.0 Å². The van der Waals surface area contributed by atoms with Crippen molar-refractivity contribution >= 4 is 29.1 Å². The normalized spacial score (nSPS) is 16.5. The number of nitrogens with one attached hydrogen (secondary N) is 3. The fraction of sp³-hybridized carbons (Fsp3) is 0.429. The molecule has 0 atom stereocenters. The van der Waals surface area contributed by atoms with Crippen molar-refractivity contribution in [3.05, 3.63) is 147 Å². The van der Waals surface area contributed by atoms with Crippen molar-refractivity contribution in [2.75, 3.05) is 58.7 Å². The predicted octanol–water partition coefficient (Wildman–Crippen LogP) is 10.5. The second-order valence-corrected chi connectivity index (χ2v) is 19.3. The molecule has 2 amide bonds. The molecule has 5 heterocycles. The van der Waals surface area contributed by atoms with Crippen molar-refractivity contribution in [1.82, 2.24) is 34.9 Å². The lowest BCUT2D eigenvalue weighted by Crippen LogP contribution is -2.49. The number of nitrogens with zero attached hydrogens (tertiary/aromatic N) is 6. The number of amides is 2. The Labute approximate surface area is 417 Å². The van der Waals surface area contributed by atoms with Gasteiger partial charge in [-0.1, -0.05) is 63.1 Å². The number of fused-ring (bicyclic) bond motifs is 3. The fourth-order valence-corrected chi connectivity index (χ4v) is 9.47. The molecule has 13 nitrogen and oxygen atoms in total. The number of hydrogen-bond donors (Lipinski definition) is 3. The maximum Gasteiger partial charge on any atom is 0.350 e. The van der Waals surface area contributed by atoms with Gasteiger partial charge >= 0.3 is 11.7 Å². The minimum atomic E-state index is -0.273. The Bertz CT molecular complexity index is 2730. The topological polar surface area (TPSA) is 129 Å². The molecule has 0 spiro atoms. The van der Waals surface area contributed by atoms with E-state index in [0.29, 0.717) is 40.3 Å². The maximum absolute atomic E-state index is 13.5. The van der Waals surface area contributed by atoms with Crippen molar-refractivity contribution in [2.24, 2.45) is 4.99 Å². The first-order valence-electron chi connectivity index (χ1n) is 25.5. The number of urea groups is 1. The number of anilines is 2. The number of rotatable bonds is 15. The van der Waals surface area contributed by atoms with Crippen LogP contribution in [-0.2, 0) is 25.7 Å². The van der Waals surface area contributed by atoms with Crippen LogP contribution in [0, 0.1) is 11.6 Å². The summed E-state index contributed by atoms with van der Waals surface area (Å²) in [6, 6.07) is 25.2. The minimum absolute atomic E-state index is 0.144. The number of likely N-dealkylation sites (tertiary alicyclic amines) is 2. The summed E-state index contributed by atoms with van der Waals surface area (Å²) in [4.78, 5) is 41.6. The van der Waals surface area contributed by atoms with Crippen LogP contribution in [0.2, 0.25) is 0 Å². The minimum Gasteiger partial charge on any atom is -0.450 e. The molecule has 9 rings (SSSR count). The van der Waals surface area contributed by atoms with Gasteiger partial charge in [-0.3, -0.25) is 9.88 Å². The number of unbranched alkanes of at least 4 members (excludes halogenated alkanes) is 2. The van der Waals surface area contributed by atoms with Gasteiger partial charge in [0.25, 0.3) is 0 Å². The number of ether oxygens (including phenoxy) is 2. The fourth-order valence-electron chi connectivity index (χ4n) is 9.47. The van der Waals surface area contributed by atoms with E-state index in [2.05, 4.69) is 44.6 Å². The van der Waals surface area contributed by atoms with Gasteiger partial charge in [-0.15, -0.1) is 0 Å². The van der Waals surface area contributed by atoms with Crippen LogP contribution in [0.3, 0.4) is 0 Å². The Morgan fingerprint density at radius 1 is 0.746 bits per heavy atom. The van der Waals surface area contributed by atoms with Gasteiger partial charge in [0, 0.05) is 58.6 Å². The Morgan fingerprint density at radius 2 is 1.32 bits per heavy atom. The zero-order valence-electron chi connectivity index (χ0n) is 41.7.